The van der Waals surface area contributed by atoms with Gasteiger partial charge in [0.2, 0.25) is 0 Å². The summed E-state index contributed by atoms with van der Waals surface area (Å²) in [6.45, 7) is 1.52. The van der Waals surface area contributed by atoms with Crippen molar-refractivity contribution < 1.29 is 13.6 Å². The Hall–Kier alpha value is -1.61. The molecule has 1 atom stereocenters. The maximum Gasteiger partial charge on any atom is 0.260 e. The van der Waals surface area contributed by atoms with Gasteiger partial charge in [-0.25, -0.2) is 8.42 Å². The van der Waals surface area contributed by atoms with Crippen LogP contribution in [0.25, 0.3) is 0 Å². The molecule has 0 aliphatic heterocycles. The summed E-state index contributed by atoms with van der Waals surface area (Å²) in [4.78, 5) is 0. The third-order valence-electron chi connectivity index (χ3n) is 2.51. The van der Waals surface area contributed by atoms with Gasteiger partial charge in [0.1, 0.15) is 0 Å². The Morgan fingerprint density at radius 2 is 2.29 bits per heavy atom. The lowest BCUT2D eigenvalue weighted by Gasteiger charge is -2.22. The molecule has 0 radical (unpaired) electrons. The molecule has 9 heteroatoms. The van der Waals surface area contributed by atoms with E-state index in [9.17, 15) is 8.42 Å². The van der Waals surface area contributed by atoms with Crippen molar-refractivity contribution in [2.45, 2.75) is 18.0 Å². The largest absolute Gasteiger partial charge is 0.409 e. The first-order chi connectivity index (χ1) is 7.82. The molecule has 0 spiro atoms. The summed E-state index contributed by atoms with van der Waals surface area (Å²) < 4.78 is 26.6. The van der Waals surface area contributed by atoms with Gasteiger partial charge < -0.3 is 10.9 Å². The predicted molar refractivity (Wildman–Crippen MR) is 61.0 cm³/mol. The smallest absolute Gasteiger partial charge is 0.260 e. The van der Waals surface area contributed by atoms with Gasteiger partial charge in [-0.05, 0) is 13.0 Å². The standard InChI is InChI=1S/C8H15N5O3S/c1-6(8(9)11-14)13(3)17(15,16)7-4-5-10-12(7)2/h4-6,14H,1-3H3,(H2,9,11). The van der Waals surface area contributed by atoms with Crippen molar-refractivity contribution >= 4 is 15.9 Å². The average Bonchev–Trinajstić information content (AvgIpc) is 2.72. The van der Waals surface area contributed by atoms with Gasteiger partial charge >= 0.3 is 0 Å². The van der Waals surface area contributed by atoms with E-state index in [2.05, 4.69) is 10.3 Å². The van der Waals surface area contributed by atoms with Crippen molar-refractivity contribution in [3.8, 4) is 0 Å². The van der Waals surface area contributed by atoms with E-state index in [4.69, 9.17) is 10.9 Å². The number of rotatable bonds is 4. The molecule has 96 valence electrons. The molecule has 1 aromatic rings. The Bertz CT molecular complexity index is 521. The van der Waals surface area contributed by atoms with Crippen molar-refractivity contribution in [2.24, 2.45) is 17.9 Å². The van der Waals surface area contributed by atoms with Crippen LogP contribution < -0.4 is 5.73 Å². The van der Waals surface area contributed by atoms with Crippen molar-refractivity contribution in [1.29, 1.82) is 0 Å². The normalized spacial score (nSPS) is 15.2. The van der Waals surface area contributed by atoms with E-state index >= 15 is 0 Å². The number of hydrogen-bond donors (Lipinski definition) is 2. The molecule has 1 heterocycles. The van der Waals surface area contributed by atoms with E-state index in [-0.39, 0.29) is 10.9 Å². The van der Waals surface area contributed by atoms with Gasteiger partial charge in [0.15, 0.2) is 10.9 Å². The molecule has 1 rings (SSSR count). The number of hydrogen-bond acceptors (Lipinski definition) is 5. The molecule has 0 aliphatic carbocycles. The number of nitrogens with two attached hydrogens (primary N) is 1. The lowest BCUT2D eigenvalue weighted by Crippen LogP contribution is -2.44. The second-order valence-corrected chi connectivity index (χ2v) is 5.46. The highest BCUT2D eigenvalue weighted by Gasteiger charge is 2.29. The zero-order valence-corrected chi connectivity index (χ0v) is 10.6. The van der Waals surface area contributed by atoms with Crippen LogP contribution in [0.5, 0.6) is 0 Å². The van der Waals surface area contributed by atoms with Crippen LogP contribution in [-0.2, 0) is 17.1 Å². The molecule has 0 aromatic carbocycles. The molecule has 8 nitrogen and oxygen atoms in total. The molecule has 0 saturated heterocycles. The minimum Gasteiger partial charge on any atom is -0.409 e. The number of aromatic nitrogens is 2. The van der Waals surface area contributed by atoms with Crippen LogP contribution >= 0.6 is 0 Å². The first kappa shape index (κ1) is 13.5. The van der Waals surface area contributed by atoms with E-state index in [1.807, 2.05) is 0 Å². The molecular weight excluding hydrogens is 246 g/mol. The Labute approximate surface area is 99.4 Å². The fraction of sp³-hybridized carbons (Fsp3) is 0.500. The Balaban J connectivity index is 3.12. The molecule has 0 saturated carbocycles. The Kier molecular flexibility index (Phi) is 3.73. The third kappa shape index (κ3) is 2.39. The number of likely N-dealkylation sites (N-methyl/N-ethyl adjacent to an activating group) is 1. The topological polar surface area (TPSA) is 114 Å². The highest BCUT2D eigenvalue weighted by Crippen LogP contribution is 2.15. The molecule has 1 aromatic heterocycles. The van der Waals surface area contributed by atoms with Gasteiger partial charge in [0.05, 0.1) is 12.2 Å². The number of amidine groups is 1. The van der Waals surface area contributed by atoms with Crippen molar-refractivity contribution in [3.05, 3.63) is 12.3 Å². The SMILES string of the molecule is CC(C(N)=NO)N(C)S(=O)(=O)c1ccnn1C. The number of nitrogens with zero attached hydrogens (tertiary/aromatic N) is 4. The van der Waals surface area contributed by atoms with Gasteiger partial charge in [-0.2, -0.15) is 9.40 Å². The van der Waals surface area contributed by atoms with Gasteiger partial charge in [-0.1, -0.05) is 5.16 Å². The van der Waals surface area contributed by atoms with Crippen LogP contribution in [-0.4, -0.2) is 46.6 Å². The summed E-state index contributed by atoms with van der Waals surface area (Å²) in [5, 5.41) is 15.2. The maximum absolute atomic E-state index is 12.1. The van der Waals surface area contributed by atoms with E-state index in [1.165, 1.54) is 38.0 Å². The van der Waals surface area contributed by atoms with Crippen molar-refractivity contribution in [3.63, 3.8) is 0 Å². The zero-order valence-electron chi connectivity index (χ0n) is 9.77. The Morgan fingerprint density at radius 3 is 2.71 bits per heavy atom. The second-order valence-electron chi connectivity index (χ2n) is 3.52. The summed E-state index contributed by atoms with van der Waals surface area (Å²) in [5.41, 5.74) is 5.38. The number of oxime groups is 1. The van der Waals surface area contributed by atoms with Gasteiger partial charge in [0, 0.05) is 14.1 Å². The van der Waals surface area contributed by atoms with Gasteiger partial charge in [0.25, 0.3) is 10.0 Å². The average molecular weight is 261 g/mol. The zero-order chi connectivity index (χ0) is 13.2. The third-order valence-corrected chi connectivity index (χ3v) is 4.51. The Morgan fingerprint density at radius 1 is 1.71 bits per heavy atom. The van der Waals surface area contributed by atoms with Gasteiger partial charge in [-0.3, -0.25) is 4.68 Å². The van der Waals surface area contributed by atoms with Crippen LogP contribution in [0.3, 0.4) is 0 Å². The van der Waals surface area contributed by atoms with E-state index in [1.54, 1.807) is 0 Å². The number of aryl methyl sites for hydroxylation is 1. The lowest BCUT2D eigenvalue weighted by atomic mass is 10.3. The monoisotopic (exact) mass is 261 g/mol. The second kappa shape index (κ2) is 4.72. The highest BCUT2D eigenvalue weighted by molar-refractivity contribution is 7.89. The molecule has 0 fully saturated rings. The summed E-state index contributed by atoms with van der Waals surface area (Å²) >= 11 is 0. The maximum atomic E-state index is 12.1. The van der Waals surface area contributed by atoms with E-state index in [0.717, 1.165) is 4.31 Å². The van der Waals surface area contributed by atoms with Crippen LogP contribution in [0.1, 0.15) is 6.92 Å². The fourth-order valence-electron chi connectivity index (χ4n) is 1.24. The van der Waals surface area contributed by atoms with Crippen molar-refractivity contribution in [1.82, 2.24) is 14.1 Å². The quantitative estimate of drug-likeness (QED) is 0.318. The highest BCUT2D eigenvalue weighted by atomic mass is 32.2. The summed E-state index contributed by atoms with van der Waals surface area (Å²) in [5.74, 6) is -0.182. The van der Waals surface area contributed by atoms with Crippen LogP contribution in [0, 0.1) is 0 Å². The minimum absolute atomic E-state index is 0.0394. The predicted octanol–water partition coefficient (Wildman–Crippen LogP) is -0.824. The molecule has 0 amide bonds. The summed E-state index contributed by atoms with van der Waals surface area (Å²) in [6.07, 6.45) is 1.38. The molecule has 3 N–H and O–H groups in total. The first-order valence-electron chi connectivity index (χ1n) is 4.75. The van der Waals surface area contributed by atoms with E-state index in [0.29, 0.717) is 0 Å². The minimum atomic E-state index is -3.72. The number of sulfonamides is 1. The fourth-order valence-corrected chi connectivity index (χ4v) is 2.67. The van der Waals surface area contributed by atoms with Crippen LogP contribution in [0.4, 0.5) is 0 Å². The summed E-state index contributed by atoms with van der Waals surface area (Å²) in [7, 11) is -0.844. The van der Waals surface area contributed by atoms with Crippen molar-refractivity contribution in [2.75, 3.05) is 7.05 Å². The molecule has 1 unspecified atom stereocenters. The van der Waals surface area contributed by atoms with Crippen LogP contribution in [0.15, 0.2) is 22.4 Å². The van der Waals surface area contributed by atoms with Crippen LogP contribution in [0.2, 0.25) is 0 Å². The molecule has 0 bridgehead atoms. The van der Waals surface area contributed by atoms with Gasteiger partial charge in [-0.15, -0.1) is 0 Å². The van der Waals surface area contributed by atoms with E-state index < -0.39 is 16.1 Å². The lowest BCUT2D eigenvalue weighted by molar-refractivity contribution is 0.311. The molecule has 0 aliphatic rings. The molecular formula is C8H15N5O3S. The first-order valence-corrected chi connectivity index (χ1v) is 6.19. The molecule has 17 heavy (non-hydrogen) atoms. The summed E-state index contributed by atoms with van der Waals surface area (Å²) in [6, 6.07) is 0.630.